The minimum absolute atomic E-state index is 0.0967. The highest BCUT2D eigenvalue weighted by Gasteiger charge is 2.46. The second-order valence-corrected chi connectivity index (χ2v) is 16.0. The van der Waals surface area contributed by atoms with E-state index in [0.29, 0.717) is 107 Å². The van der Waals surface area contributed by atoms with E-state index >= 15 is 0 Å². The van der Waals surface area contributed by atoms with Gasteiger partial charge in [0.15, 0.2) is 0 Å². The number of hydrogen-bond acceptors (Lipinski definition) is 8. The van der Waals surface area contributed by atoms with Crippen LogP contribution in [0.1, 0.15) is 104 Å². The van der Waals surface area contributed by atoms with Crippen molar-refractivity contribution in [1.82, 2.24) is 14.8 Å². The van der Waals surface area contributed by atoms with Crippen LogP contribution in [-0.2, 0) is 32.3 Å². The quantitative estimate of drug-likeness (QED) is 0.137. The van der Waals surface area contributed by atoms with Gasteiger partial charge in [-0.2, -0.15) is 26.3 Å². The molecule has 2 atom stereocenters. The van der Waals surface area contributed by atoms with E-state index in [9.17, 15) is 45.8 Å². The monoisotopic (exact) mass is 841 g/mol. The van der Waals surface area contributed by atoms with Crippen LogP contribution in [0.15, 0.2) is 54.0 Å². The van der Waals surface area contributed by atoms with E-state index in [1.54, 1.807) is 12.0 Å². The van der Waals surface area contributed by atoms with Crippen molar-refractivity contribution in [2.45, 2.75) is 102 Å². The Bertz CT molecular complexity index is 1870. The molecule has 3 fully saturated rings. The Kier molecular flexibility index (Phi) is 14.4. The van der Waals surface area contributed by atoms with Gasteiger partial charge in [-0.05, 0) is 76.0 Å². The standard InChI is InChI=1S/C36H46F3N3O6.C5H3F3OS/c1-3-10-28-25(11-7-21-42(28)32(44)30-27(36(37,38)39)13-6-20-40-30)31(43)41-22-18-35(47-2,19-23-41)26-12-4-5-14-29(26)48-24-9-17-34(33(45)46)15-8-16-34;6-5(7,8)4-1-3(9)2-10-4/h4-6,12-14,20,25,28H,3,7-11,15-19,21-24H2,1-2H3,(H,45,46);1-2,9H. The van der Waals surface area contributed by atoms with Crippen LogP contribution in [0.25, 0.3) is 0 Å². The molecule has 58 heavy (non-hydrogen) atoms. The topological polar surface area (TPSA) is 130 Å². The second-order valence-electron chi connectivity index (χ2n) is 15.1. The first-order valence-electron chi connectivity index (χ1n) is 19.4. The fourth-order valence-corrected chi connectivity index (χ4v) is 8.95. The molecule has 2 saturated heterocycles. The van der Waals surface area contributed by atoms with Crippen molar-refractivity contribution >= 4 is 29.1 Å². The minimum Gasteiger partial charge on any atom is -0.507 e. The zero-order valence-corrected chi connectivity index (χ0v) is 33.2. The van der Waals surface area contributed by atoms with E-state index < -0.39 is 63.3 Å². The van der Waals surface area contributed by atoms with Gasteiger partial charge < -0.3 is 29.5 Å². The fraction of sp³-hybridized carbons (Fsp3) is 0.561. The Morgan fingerprint density at radius 1 is 0.966 bits per heavy atom. The summed E-state index contributed by atoms with van der Waals surface area (Å²) in [5.74, 6) is -1.81. The summed E-state index contributed by atoms with van der Waals surface area (Å²) in [7, 11) is 1.65. The van der Waals surface area contributed by atoms with Crippen molar-refractivity contribution in [3.8, 4) is 11.5 Å². The van der Waals surface area contributed by atoms with E-state index in [2.05, 4.69) is 4.98 Å². The van der Waals surface area contributed by atoms with Gasteiger partial charge in [0.25, 0.3) is 5.91 Å². The maximum atomic E-state index is 14.1. The Labute approximate surface area is 337 Å². The summed E-state index contributed by atoms with van der Waals surface area (Å²) in [5, 5.41) is 19.2. The van der Waals surface area contributed by atoms with Gasteiger partial charge >= 0.3 is 18.3 Å². The summed E-state index contributed by atoms with van der Waals surface area (Å²) in [4.78, 5) is 45.7. The summed E-state index contributed by atoms with van der Waals surface area (Å²) in [6.07, 6.45) is -1.09. The molecular formula is C41H49F6N3O7S. The number of hydrogen-bond donors (Lipinski definition) is 2. The number of rotatable bonds is 12. The number of carbonyl (C=O) groups is 3. The summed E-state index contributed by atoms with van der Waals surface area (Å²) in [6.45, 7) is 3.40. The number of pyridine rings is 1. The van der Waals surface area contributed by atoms with Crippen molar-refractivity contribution in [3.63, 3.8) is 0 Å². The molecule has 3 aromatic rings. The number of ether oxygens (including phenoxy) is 2. The molecule has 1 aromatic carbocycles. The van der Waals surface area contributed by atoms with Gasteiger partial charge in [-0.3, -0.25) is 19.4 Å². The average Bonchev–Trinajstić information content (AvgIpc) is 3.64. The van der Waals surface area contributed by atoms with E-state index in [1.165, 1.54) is 17.2 Å². The number of aromatic nitrogens is 1. The number of nitrogens with zero attached hydrogens (tertiary/aromatic N) is 3. The molecule has 6 rings (SSSR count). The smallest absolute Gasteiger partial charge is 0.425 e. The van der Waals surface area contributed by atoms with Crippen LogP contribution >= 0.6 is 11.3 Å². The van der Waals surface area contributed by atoms with E-state index in [1.807, 2.05) is 31.2 Å². The van der Waals surface area contributed by atoms with Crippen LogP contribution < -0.4 is 4.74 Å². The first-order chi connectivity index (χ1) is 27.5. The molecule has 2 amide bonds. The second kappa shape index (κ2) is 18.7. The zero-order valence-electron chi connectivity index (χ0n) is 32.4. The molecule has 0 radical (unpaired) electrons. The summed E-state index contributed by atoms with van der Waals surface area (Å²) in [5.41, 5.74) is -2.15. The molecule has 2 aromatic heterocycles. The fourth-order valence-electron chi connectivity index (χ4n) is 8.31. The number of halogens is 6. The molecule has 0 spiro atoms. The number of alkyl halides is 6. The molecule has 2 unspecified atom stereocenters. The number of benzene rings is 1. The number of methoxy groups -OCH3 is 1. The highest BCUT2D eigenvalue weighted by molar-refractivity contribution is 7.10. The lowest BCUT2D eigenvalue weighted by atomic mass is 9.66. The lowest BCUT2D eigenvalue weighted by molar-refractivity contribution is -0.155. The van der Waals surface area contributed by atoms with Crippen molar-refractivity contribution in [3.05, 3.63) is 75.7 Å². The van der Waals surface area contributed by atoms with E-state index in [0.717, 1.165) is 23.4 Å². The lowest BCUT2D eigenvalue weighted by Crippen LogP contribution is -2.55. The Hall–Kier alpha value is -4.38. The number of carbonyl (C=O) groups excluding carboxylic acids is 2. The summed E-state index contributed by atoms with van der Waals surface area (Å²) in [6, 6.07) is 9.86. The number of amides is 2. The van der Waals surface area contributed by atoms with Crippen LogP contribution in [0.5, 0.6) is 11.5 Å². The molecule has 2 N–H and O–H groups in total. The first kappa shape index (κ1) is 44.7. The molecule has 318 valence electrons. The predicted molar refractivity (Wildman–Crippen MR) is 202 cm³/mol. The largest absolute Gasteiger partial charge is 0.507 e. The number of piperidine rings is 2. The number of thiophene rings is 1. The number of likely N-dealkylation sites (tertiary alicyclic amines) is 2. The van der Waals surface area contributed by atoms with E-state index in [-0.39, 0.29) is 18.2 Å². The third kappa shape index (κ3) is 10.1. The average molecular weight is 842 g/mol. The maximum absolute atomic E-state index is 14.1. The Morgan fingerprint density at radius 2 is 1.67 bits per heavy atom. The normalized spacial score (nSPS) is 20.3. The molecule has 1 aliphatic carbocycles. The molecule has 2 aliphatic heterocycles. The van der Waals surface area contributed by atoms with Crippen molar-refractivity contribution in [2.24, 2.45) is 11.3 Å². The Morgan fingerprint density at radius 3 is 2.22 bits per heavy atom. The molecule has 10 nitrogen and oxygen atoms in total. The van der Waals surface area contributed by atoms with Gasteiger partial charge in [0.2, 0.25) is 5.91 Å². The molecule has 3 aliphatic rings. The van der Waals surface area contributed by atoms with Crippen LogP contribution in [0, 0.1) is 11.3 Å². The third-order valence-corrected chi connectivity index (χ3v) is 12.6. The zero-order chi connectivity index (χ0) is 42.3. The van der Waals surface area contributed by atoms with Crippen molar-refractivity contribution in [1.29, 1.82) is 0 Å². The summed E-state index contributed by atoms with van der Waals surface area (Å²) >= 11 is 0.481. The minimum atomic E-state index is -4.73. The highest BCUT2D eigenvalue weighted by Crippen LogP contribution is 2.46. The van der Waals surface area contributed by atoms with Crippen LogP contribution in [0.3, 0.4) is 0 Å². The van der Waals surface area contributed by atoms with E-state index in [4.69, 9.17) is 14.6 Å². The van der Waals surface area contributed by atoms with Crippen LogP contribution in [0.4, 0.5) is 26.3 Å². The van der Waals surface area contributed by atoms with Gasteiger partial charge in [-0.15, -0.1) is 11.3 Å². The molecule has 17 heteroatoms. The highest BCUT2D eigenvalue weighted by atomic mass is 32.1. The third-order valence-electron chi connectivity index (χ3n) is 11.6. The van der Waals surface area contributed by atoms with Gasteiger partial charge in [0.05, 0.1) is 29.1 Å². The number of carboxylic acid groups (broad SMARTS) is 1. The molecule has 1 saturated carbocycles. The maximum Gasteiger partial charge on any atom is 0.425 e. The number of aliphatic carboxylic acids is 1. The van der Waals surface area contributed by atoms with Crippen LogP contribution in [-0.4, -0.2) is 82.2 Å². The molecule has 4 heterocycles. The number of carboxylic acids is 1. The van der Waals surface area contributed by atoms with Gasteiger partial charge in [0, 0.05) is 56.0 Å². The SMILES string of the molecule is CCCC1C(C(=O)N2CCC(OC)(c3ccccc3OCCCC3(C(=O)O)CCC3)CC2)CCCN1C(=O)c1ncccc1C(F)(F)F.Oc1csc(C(F)(F)F)c1. The molecular weight excluding hydrogens is 793 g/mol. The molecule has 0 bridgehead atoms. The summed E-state index contributed by atoms with van der Waals surface area (Å²) < 4.78 is 88.7. The van der Waals surface area contributed by atoms with Gasteiger partial charge in [0.1, 0.15) is 22.1 Å². The number of para-hydroxylation sites is 1. The first-order valence-corrected chi connectivity index (χ1v) is 20.3. The van der Waals surface area contributed by atoms with Gasteiger partial charge in [-0.1, -0.05) is 38.0 Å². The number of aromatic hydroxyl groups is 1. The van der Waals surface area contributed by atoms with Crippen molar-refractivity contribution < 1.29 is 60.4 Å². The lowest BCUT2D eigenvalue weighted by Gasteiger charge is -2.45. The van der Waals surface area contributed by atoms with Crippen LogP contribution in [0.2, 0.25) is 0 Å². The van der Waals surface area contributed by atoms with Gasteiger partial charge in [-0.25, -0.2) is 0 Å². The predicted octanol–water partition coefficient (Wildman–Crippen LogP) is 9.17. The van der Waals surface area contributed by atoms with Crippen molar-refractivity contribution in [2.75, 3.05) is 33.4 Å². The Balaban J connectivity index is 0.000000559.